The first-order valence-corrected chi connectivity index (χ1v) is 8.42. The van der Waals surface area contributed by atoms with E-state index in [0.29, 0.717) is 38.4 Å². The number of methoxy groups -OCH3 is 1. The van der Waals surface area contributed by atoms with E-state index >= 15 is 0 Å². The van der Waals surface area contributed by atoms with Gasteiger partial charge in [-0.2, -0.15) is 4.31 Å². The lowest BCUT2D eigenvalue weighted by atomic mass is 9.99. The molecule has 0 radical (unpaired) electrons. The van der Waals surface area contributed by atoms with E-state index in [9.17, 15) is 17.6 Å². The number of carbonyl (C=O) groups is 1. The molecule has 9 heteroatoms. The maximum atomic E-state index is 13.3. The van der Waals surface area contributed by atoms with Crippen LogP contribution < -0.4 is 5.73 Å². The van der Waals surface area contributed by atoms with Crippen LogP contribution in [0.15, 0.2) is 23.1 Å². The average Bonchev–Trinajstić information content (AvgIpc) is 2.53. The maximum absolute atomic E-state index is 13.3. The Balaban J connectivity index is 0.00000264. The largest absolute Gasteiger partial charge is 0.465 e. The number of nitrogens with two attached hydrogens (primary N) is 1. The van der Waals surface area contributed by atoms with Crippen molar-refractivity contribution in [1.82, 2.24) is 4.31 Å². The van der Waals surface area contributed by atoms with Crippen molar-refractivity contribution in [3.63, 3.8) is 0 Å². The first-order chi connectivity index (χ1) is 10.4. The van der Waals surface area contributed by atoms with E-state index in [4.69, 9.17) is 5.73 Å². The number of nitrogens with zero attached hydrogens (tertiary/aromatic N) is 1. The van der Waals surface area contributed by atoms with Gasteiger partial charge >= 0.3 is 5.97 Å². The van der Waals surface area contributed by atoms with Crippen molar-refractivity contribution < 1.29 is 22.3 Å². The van der Waals surface area contributed by atoms with E-state index in [2.05, 4.69) is 4.74 Å². The molecule has 0 spiro atoms. The number of carbonyl (C=O) groups excluding carboxylic acids is 1. The van der Waals surface area contributed by atoms with Gasteiger partial charge in [-0.25, -0.2) is 17.6 Å². The van der Waals surface area contributed by atoms with Crippen LogP contribution in [0.25, 0.3) is 0 Å². The van der Waals surface area contributed by atoms with E-state index in [1.807, 2.05) is 0 Å². The molecule has 0 saturated carbocycles. The molecule has 23 heavy (non-hydrogen) atoms. The predicted molar refractivity (Wildman–Crippen MR) is 85.5 cm³/mol. The van der Waals surface area contributed by atoms with Gasteiger partial charge in [0.05, 0.1) is 17.6 Å². The van der Waals surface area contributed by atoms with Crippen molar-refractivity contribution in [2.75, 3.05) is 26.7 Å². The van der Waals surface area contributed by atoms with Crippen molar-refractivity contribution in [2.24, 2.45) is 11.7 Å². The maximum Gasteiger partial charge on any atom is 0.339 e. The highest BCUT2D eigenvalue weighted by Crippen LogP contribution is 2.26. The minimum absolute atomic E-state index is 0. The minimum atomic E-state index is -3.87. The lowest BCUT2D eigenvalue weighted by Gasteiger charge is -2.30. The number of halogens is 2. The molecule has 0 bridgehead atoms. The Morgan fingerprint density at radius 3 is 2.52 bits per heavy atom. The minimum Gasteiger partial charge on any atom is -0.465 e. The summed E-state index contributed by atoms with van der Waals surface area (Å²) in [4.78, 5) is 11.5. The number of hydrogen-bond acceptors (Lipinski definition) is 5. The van der Waals surface area contributed by atoms with Crippen molar-refractivity contribution in [3.05, 3.63) is 29.6 Å². The molecule has 2 rings (SSSR count). The second-order valence-corrected chi connectivity index (χ2v) is 7.12. The number of ether oxygens (including phenoxy) is 1. The van der Waals surface area contributed by atoms with Gasteiger partial charge in [-0.05, 0) is 43.5 Å². The Kier molecular flexibility index (Phi) is 6.94. The molecule has 6 nitrogen and oxygen atoms in total. The molecule has 0 atom stereocenters. The summed E-state index contributed by atoms with van der Waals surface area (Å²) in [6.45, 7) is 1.20. The van der Waals surface area contributed by atoms with Crippen LogP contribution in [0, 0.1) is 11.7 Å². The molecule has 1 aliphatic rings. The van der Waals surface area contributed by atoms with Crippen LogP contribution >= 0.6 is 12.4 Å². The third-order valence-corrected chi connectivity index (χ3v) is 5.83. The van der Waals surface area contributed by atoms with E-state index < -0.39 is 21.8 Å². The highest BCUT2D eigenvalue weighted by Gasteiger charge is 2.32. The highest BCUT2D eigenvalue weighted by molar-refractivity contribution is 7.89. The molecule has 1 aromatic rings. The lowest BCUT2D eigenvalue weighted by Crippen LogP contribution is -2.40. The number of esters is 1. The van der Waals surface area contributed by atoms with Crippen LogP contribution in [0.3, 0.4) is 0 Å². The Labute approximate surface area is 141 Å². The Bertz CT molecular complexity index is 661. The summed E-state index contributed by atoms with van der Waals surface area (Å²) < 4.78 is 44.6. The smallest absolute Gasteiger partial charge is 0.339 e. The van der Waals surface area contributed by atoms with Gasteiger partial charge in [-0.3, -0.25) is 0 Å². The van der Waals surface area contributed by atoms with E-state index in [1.54, 1.807) is 0 Å². The van der Waals surface area contributed by atoms with Gasteiger partial charge in [0.15, 0.2) is 0 Å². The zero-order valence-corrected chi connectivity index (χ0v) is 14.3. The second-order valence-electron chi connectivity index (χ2n) is 5.22. The lowest BCUT2D eigenvalue weighted by molar-refractivity contribution is 0.0595. The highest BCUT2D eigenvalue weighted by atomic mass is 35.5. The van der Waals surface area contributed by atoms with Crippen LogP contribution in [-0.4, -0.2) is 45.4 Å². The van der Waals surface area contributed by atoms with Crippen molar-refractivity contribution in [2.45, 2.75) is 17.7 Å². The van der Waals surface area contributed by atoms with Gasteiger partial charge in [0.1, 0.15) is 5.82 Å². The summed E-state index contributed by atoms with van der Waals surface area (Å²) in [7, 11) is -2.75. The molecule has 1 aliphatic heterocycles. The van der Waals surface area contributed by atoms with E-state index in [1.165, 1.54) is 4.31 Å². The molecule has 130 valence electrons. The van der Waals surface area contributed by atoms with E-state index in [-0.39, 0.29) is 22.9 Å². The fourth-order valence-electron chi connectivity index (χ4n) is 2.52. The molecule has 0 aromatic heterocycles. The molecule has 0 aliphatic carbocycles. The molecule has 1 saturated heterocycles. The van der Waals surface area contributed by atoms with Gasteiger partial charge in [-0.1, -0.05) is 0 Å². The molecular weight excluding hydrogens is 347 g/mol. The molecule has 1 fully saturated rings. The summed E-state index contributed by atoms with van der Waals surface area (Å²) in [5.41, 5.74) is 5.31. The molecular formula is C14H20ClFN2O4S. The average molecular weight is 367 g/mol. The Morgan fingerprint density at radius 2 is 2.00 bits per heavy atom. The summed E-state index contributed by atoms with van der Waals surface area (Å²) in [5, 5.41) is 0. The van der Waals surface area contributed by atoms with Gasteiger partial charge < -0.3 is 10.5 Å². The quantitative estimate of drug-likeness (QED) is 0.813. The Hall–Kier alpha value is -1.22. The molecule has 2 N–H and O–H groups in total. The molecule has 0 unspecified atom stereocenters. The molecule has 0 amide bonds. The number of piperidine rings is 1. The number of benzene rings is 1. The third-order valence-electron chi connectivity index (χ3n) is 3.87. The Morgan fingerprint density at radius 1 is 1.39 bits per heavy atom. The molecule has 1 aromatic carbocycles. The fourth-order valence-corrected chi connectivity index (χ4v) is 4.15. The first-order valence-electron chi connectivity index (χ1n) is 6.98. The van der Waals surface area contributed by atoms with Gasteiger partial charge in [0, 0.05) is 13.1 Å². The SMILES string of the molecule is COC(=O)c1cc(F)ccc1S(=O)(=O)N1CCC(CN)CC1.Cl. The van der Waals surface area contributed by atoms with Gasteiger partial charge in [-0.15, -0.1) is 12.4 Å². The third kappa shape index (κ3) is 4.20. The fraction of sp³-hybridized carbons (Fsp3) is 0.500. The number of sulfonamides is 1. The van der Waals surface area contributed by atoms with Gasteiger partial charge in [0.2, 0.25) is 10.0 Å². The van der Waals surface area contributed by atoms with Crippen molar-refractivity contribution >= 4 is 28.4 Å². The number of hydrogen-bond donors (Lipinski definition) is 1. The van der Waals surface area contributed by atoms with Crippen molar-refractivity contribution in [1.29, 1.82) is 0 Å². The van der Waals surface area contributed by atoms with Crippen LogP contribution in [-0.2, 0) is 14.8 Å². The van der Waals surface area contributed by atoms with Crippen molar-refractivity contribution in [3.8, 4) is 0 Å². The zero-order valence-electron chi connectivity index (χ0n) is 12.7. The first kappa shape index (κ1) is 19.8. The summed E-state index contributed by atoms with van der Waals surface area (Å²) >= 11 is 0. The van der Waals surface area contributed by atoms with Crippen LogP contribution in [0.1, 0.15) is 23.2 Å². The summed E-state index contributed by atoms with van der Waals surface area (Å²) in [6.07, 6.45) is 1.34. The van der Waals surface area contributed by atoms with Gasteiger partial charge in [0.25, 0.3) is 0 Å². The zero-order chi connectivity index (χ0) is 16.3. The standard InChI is InChI=1S/C14H19FN2O4S.ClH/c1-21-14(18)12-8-11(15)2-3-13(12)22(19,20)17-6-4-10(9-16)5-7-17;/h2-3,8,10H,4-7,9,16H2,1H3;1H. The topological polar surface area (TPSA) is 89.7 Å². The molecule has 1 heterocycles. The summed E-state index contributed by atoms with van der Waals surface area (Å²) in [6, 6.07) is 3.00. The van der Waals surface area contributed by atoms with Crippen LogP contribution in [0.4, 0.5) is 4.39 Å². The number of rotatable bonds is 4. The van der Waals surface area contributed by atoms with Crippen LogP contribution in [0.2, 0.25) is 0 Å². The van der Waals surface area contributed by atoms with E-state index in [0.717, 1.165) is 25.3 Å². The monoisotopic (exact) mass is 366 g/mol. The predicted octanol–water partition coefficient (Wildman–Crippen LogP) is 1.39. The second kappa shape index (κ2) is 8.05. The summed E-state index contributed by atoms with van der Waals surface area (Å²) in [5.74, 6) is -1.27. The normalized spacial score (nSPS) is 16.7. The van der Waals surface area contributed by atoms with Crippen LogP contribution in [0.5, 0.6) is 0 Å².